The largest absolute Gasteiger partial charge is 0.504 e. The van der Waals surface area contributed by atoms with Crippen molar-refractivity contribution in [3.05, 3.63) is 59.2 Å². The SMILES string of the molecule is CCNC(=NCc1ccccc1CN1CCOCC1)NCCc1ccc(O)c(OC)c1. The van der Waals surface area contributed by atoms with Crippen LogP contribution in [0.15, 0.2) is 47.5 Å². The number of benzene rings is 2. The molecule has 1 fully saturated rings. The number of hydrogen-bond acceptors (Lipinski definition) is 5. The molecule has 7 nitrogen and oxygen atoms in total. The van der Waals surface area contributed by atoms with Crippen molar-refractivity contribution in [2.45, 2.75) is 26.4 Å². The number of nitrogens with one attached hydrogen (secondary N) is 2. The molecule has 1 aliphatic heterocycles. The third kappa shape index (κ3) is 7.15. The highest BCUT2D eigenvalue weighted by Crippen LogP contribution is 2.26. The Kier molecular flexibility index (Phi) is 8.99. The molecule has 2 aromatic rings. The van der Waals surface area contributed by atoms with Crippen LogP contribution in [0.25, 0.3) is 0 Å². The molecular formula is C24H34N4O3. The van der Waals surface area contributed by atoms with E-state index in [2.05, 4.69) is 46.7 Å². The molecule has 168 valence electrons. The summed E-state index contributed by atoms with van der Waals surface area (Å²) in [6, 6.07) is 14.0. The lowest BCUT2D eigenvalue weighted by atomic mass is 10.1. The predicted molar refractivity (Wildman–Crippen MR) is 124 cm³/mol. The number of nitrogens with zero attached hydrogens (tertiary/aromatic N) is 2. The Balaban J connectivity index is 1.58. The van der Waals surface area contributed by atoms with Crippen molar-refractivity contribution in [2.24, 2.45) is 4.99 Å². The van der Waals surface area contributed by atoms with Gasteiger partial charge in [-0.25, -0.2) is 4.99 Å². The van der Waals surface area contributed by atoms with Gasteiger partial charge in [-0.1, -0.05) is 30.3 Å². The Morgan fingerprint density at radius 3 is 2.65 bits per heavy atom. The zero-order valence-electron chi connectivity index (χ0n) is 18.6. The van der Waals surface area contributed by atoms with Crippen LogP contribution in [-0.2, 0) is 24.2 Å². The number of aromatic hydroxyl groups is 1. The lowest BCUT2D eigenvalue weighted by molar-refractivity contribution is 0.0341. The summed E-state index contributed by atoms with van der Waals surface area (Å²) in [6.45, 7) is 8.72. The van der Waals surface area contributed by atoms with Gasteiger partial charge in [-0.15, -0.1) is 0 Å². The number of hydrogen-bond donors (Lipinski definition) is 3. The van der Waals surface area contributed by atoms with Crippen LogP contribution in [0, 0.1) is 0 Å². The molecule has 1 aliphatic rings. The van der Waals surface area contributed by atoms with Crippen LogP contribution in [0.1, 0.15) is 23.6 Å². The smallest absolute Gasteiger partial charge is 0.191 e. The molecule has 0 aliphatic carbocycles. The maximum absolute atomic E-state index is 9.74. The number of ether oxygens (including phenoxy) is 2. The summed E-state index contributed by atoms with van der Waals surface area (Å²) in [6.07, 6.45) is 0.800. The fraction of sp³-hybridized carbons (Fsp3) is 0.458. The van der Waals surface area contributed by atoms with Gasteiger partial charge in [-0.2, -0.15) is 0 Å². The Hall–Kier alpha value is -2.77. The first-order valence-corrected chi connectivity index (χ1v) is 10.9. The van der Waals surface area contributed by atoms with E-state index in [-0.39, 0.29) is 5.75 Å². The minimum absolute atomic E-state index is 0.157. The lowest BCUT2D eigenvalue weighted by Gasteiger charge is -2.27. The standard InChI is InChI=1S/C24H34N4O3/c1-3-25-24(26-11-10-19-8-9-22(29)23(16-19)30-2)27-17-20-6-4-5-7-21(20)18-28-12-14-31-15-13-28/h4-9,16,29H,3,10-15,17-18H2,1-2H3,(H2,25,26,27). The summed E-state index contributed by atoms with van der Waals surface area (Å²) < 4.78 is 10.7. The van der Waals surface area contributed by atoms with Gasteiger partial charge < -0.3 is 25.2 Å². The Morgan fingerprint density at radius 1 is 1.13 bits per heavy atom. The quantitative estimate of drug-likeness (QED) is 0.423. The summed E-state index contributed by atoms with van der Waals surface area (Å²) in [4.78, 5) is 7.23. The van der Waals surface area contributed by atoms with Crippen molar-refractivity contribution >= 4 is 5.96 Å². The number of rotatable bonds is 9. The second kappa shape index (κ2) is 12.2. The molecule has 0 saturated carbocycles. The van der Waals surface area contributed by atoms with Crippen LogP contribution in [0.3, 0.4) is 0 Å². The van der Waals surface area contributed by atoms with E-state index in [1.165, 1.54) is 11.1 Å². The normalized spacial score (nSPS) is 15.0. The number of morpholine rings is 1. The van der Waals surface area contributed by atoms with Crippen LogP contribution in [0.4, 0.5) is 0 Å². The number of phenols is 1. The van der Waals surface area contributed by atoms with Crippen LogP contribution < -0.4 is 15.4 Å². The summed E-state index contributed by atoms with van der Waals surface area (Å²) in [5.41, 5.74) is 3.66. The second-order valence-electron chi connectivity index (χ2n) is 7.54. The fourth-order valence-electron chi connectivity index (χ4n) is 3.57. The molecule has 3 rings (SSSR count). The van der Waals surface area contributed by atoms with E-state index < -0.39 is 0 Å². The lowest BCUT2D eigenvalue weighted by Crippen LogP contribution is -2.38. The monoisotopic (exact) mass is 426 g/mol. The molecule has 7 heteroatoms. The maximum atomic E-state index is 9.74. The summed E-state index contributed by atoms with van der Waals surface area (Å²) in [7, 11) is 1.56. The zero-order chi connectivity index (χ0) is 21.9. The van der Waals surface area contributed by atoms with Crippen LogP contribution in [0.2, 0.25) is 0 Å². The molecule has 31 heavy (non-hydrogen) atoms. The Labute approximate surface area is 185 Å². The van der Waals surface area contributed by atoms with Crippen LogP contribution >= 0.6 is 0 Å². The van der Waals surface area contributed by atoms with Gasteiger partial charge in [0.25, 0.3) is 0 Å². The maximum Gasteiger partial charge on any atom is 0.191 e. The average molecular weight is 427 g/mol. The number of guanidine groups is 1. The third-order valence-electron chi connectivity index (χ3n) is 5.32. The van der Waals surface area contributed by atoms with E-state index in [4.69, 9.17) is 14.5 Å². The highest BCUT2D eigenvalue weighted by molar-refractivity contribution is 5.79. The van der Waals surface area contributed by atoms with Crippen molar-refractivity contribution in [3.8, 4) is 11.5 Å². The molecule has 1 saturated heterocycles. The first kappa shape index (κ1) is 22.9. The Morgan fingerprint density at radius 2 is 1.90 bits per heavy atom. The molecule has 0 atom stereocenters. The number of aliphatic imine (C=N–C) groups is 1. The molecule has 0 amide bonds. The van der Waals surface area contributed by atoms with E-state index in [1.54, 1.807) is 13.2 Å². The van der Waals surface area contributed by atoms with Gasteiger partial charge >= 0.3 is 0 Å². The van der Waals surface area contributed by atoms with E-state index in [1.807, 2.05) is 12.1 Å². The highest BCUT2D eigenvalue weighted by Gasteiger charge is 2.12. The van der Waals surface area contributed by atoms with Gasteiger partial charge in [0, 0.05) is 32.7 Å². The third-order valence-corrected chi connectivity index (χ3v) is 5.32. The van der Waals surface area contributed by atoms with Crippen molar-refractivity contribution < 1.29 is 14.6 Å². The minimum atomic E-state index is 0.157. The predicted octanol–water partition coefficient (Wildman–Crippen LogP) is 2.53. The van der Waals surface area contributed by atoms with Gasteiger partial charge in [0.1, 0.15) is 0 Å². The second-order valence-corrected chi connectivity index (χ2v) is 7.54. The minimum Gasteiger partial charge on any atom is -0.504 e. The molecule has 2 aromatic carbocycles. The molecule has 0 spiro atoms. The van der Waals surface area contributed by atoms with Gasteiger partial charge in [0.2, 0.25) is 0 Å². The summed E-state index contributed by atoms with van der Waals surface area (Å²) in [5, 5.41) is 16.5. The molecule has 0 aromatic heterocycles. The zero-order valence-corrected chi connectivity index (χ0v) is 18.6. The van der Waals surface area contributed by atoms with Gasteiger partial charge in [-0.05, 0) is 42.2 Å². The van der Waals surface area contributed by atoms with E-state index >= 15 is 0 Å². The van der Waals surface area contributed by atoms with E-state index in [9.17, 15) is 5.11 Å². The summed E-state index contributed by atoms with van der Waals surface area (Å²) in [5.74, 6) is 1.45. The average Bonchev–Trinajstić information content (AvgIpc) is 2.80. The molecule has 0 radical (unpaired) electrons. The molecular weight excluding hydrogens is 392 g/mol. The fourth-order valence-corrected chi connectivity index (χ4v) is 3.57. The van der Waals surface area contributed by atoms with Crippen molar-refractivity contribution in [2.75, 3.05) is 46.5 Å². The Bertz CT molecular complexity index is 850. The van der Waals surface area contributed by atoms with Gasteiger partial charge in [0.05, 0.1) is 26.9 Å². The first-order chi connectivity index (χ1) is 15.2. The summed E-state index contributed by atoms with van der Waals surface area (Å²) >= 11 is 0. The topological polar surface area (TPSA) is 78.4 Å². The molecule has 0 bridgehead atoms. The van der Waals surface area contributed by atoms with Crippen molar-refractivity contribution in [1.29, 1.82) is 0 Å². The van der Waals surface area contributed by atoms with Crippen molar-refractivity contribution in [1.82, 2.24) is 15.5 Å². The van der Waals surface area contributed by atoms with Crippen LogP contribution in [0.5, 0.6) is 11.5 Å². The van der Waals surface area contributed by atoms with Gasteiger partial charge in [0.15, 0.2) is 17.5 Å². The molecule has 1 heterocycles. The molecule has 0 unspecified atom stereocenters. The first-order valence-electron chi connectivity index (χ1n) is 10.9. The number of phenolic OH excluding ortho intramolecular Hbond substituents is 1. The highest BCUT2D eigenvalue weighted by atomic mass is 16.5. The van der Waals surface area contributed by atoms with Gasteiger partial charge in [-0.3, -0.25) is 4.90 Å². The number of methoxy groups -OCH3 is 1. The van der Waals surface area contributed by atoms with Crippen molar-refractivity contribution in [3.63, 3.8) is 0 Å². The van der Waals surface area contributed by atoms with Crippen LogP contribution in [-0.4, -0.2) is 62.5 Å². The molecule has 3 N–H and O–H groups in total. The van der Waals surface area contributed by atoms with E-state index in [0.717, 1.165) is 63.9 Å². The van der Waals surface area contributed by atoms with E-state index in [0.29, 0.717) is 12.3 Å².